The molecule has 9 nitrogen and oxygen atoms in total. The van der Waals surface area contributed by atoms with Gasteiger partial charge in [0.25, 0.3) is 5.56 Å². The summed E-state index contributed by atoms with van der Waals surface area (Å²) < 4.78 is 38.6. The quantitative estimate of drug-likeness (QED) is 0.635. The van der Waals surface area contributed by atoms with Crippen molar-refractivity contribution in [2.45, 2.75) is 25.3 Å². The van der Waals surface area contributed by atoms with Crippen LogP contribution in [0.1, 0.15) is 12.5 Å². The van der Waals surface area contributed by atoms with Crippen LogP contribution in [0.15, 0.2) is 40.0 Å². The number of sulfonamides is 1. The Labute approximate surface area is 168 Å². The molecular weight excluding hydrogens is 398 g/mol. The lowest BCUT2D eigenvalue weighted by Gasteiger charge is -2.26. The van der Waals surface area contributed by atoms with E-state index in [9.17, 15) is 18.0 Å². The SMILES string of the molecule is CCOC(=O)Cn1nc(-c2ccc(C)c(S(=O)(=O)N3CCOCC3)c2)ccc1=O. The van der Waals surface area contributed by atoms with Crippen molar-refractivity contribution in [1.82, 2.24) is 14.1 Å². The second-order valence-electron chi connectivity index (χ2n) is 6.52. The molecule has 156 valence electrons. The maximum Gasteiger partial charge on any atom is 0.327 e. The first kappa shape index (κ1) is 21.2. The summed E-state index contributed by atoms with van der Waals surface area (Å²) in [5.74, 6) is -0.571. The summed E-state index contributed by atoms with van der Waals surface area (Å²) in [5.41, 5.74) is 1.07. The molecule has 0 unspecified atom stereocenters. The zero-order valence-electron chi connectivity index (χ0n) is 16.3. The van der Waals surface area contributed by atoms with Gasteiger partial charge in [0, 0.05) is 24.7 Å². The number of ether oxygens (including phenoxy) is 2. The highest BCUT2D eigenvalue weighted by Crippen LogP contribution is 2.26. The van der Waals surface area contributed by atoms with Gasteiger partial charge in [-0.25, -0.2) is 13.1 Å². The third-order valence-corrected chi connectivity index (χ3v) is 6.56. The number of carbonyl (C=O) groups excluding carboxylic acids is 1. The van der Waals surface area contributed by atoms with Gasteiger partial charge in [0.05, 0.1) is 30.4 Å². The highest BCUT2D eigenvalue weighted by Gasteiger charge is 2.28. The number of aryl methyl sites for hydroxylation is 1. The van der Waals surface area contributed by atoms with Crippen LogP contribution in [-0.2, 0) is 30.8 Å². The van der Waals surface area contributed by atoms with Gasteiger partial charge in [-0.05, 0) is 31.5 Å². The number of esters is 1. The van der Waals surface area contributed by atoms with Gasteiger partial charge in [-0.1, -0.05) is 12.1 Å². The molecule has 0 spiro atoms. The second-order valence-corrected chi connectivity index (χ2v) is 8.42. The van der Waals surface area contributed by atoms with Crippen LogP contribution in [0, 0.1) is 6.92 Å². The molecule has 1 aromatic carbocycles. The molecule has 2 aromatic rings. The topological polar surface area (TPSA) is 108 Å². The van der Waals surface area contributed by atoms with Gasteiger partial charge < -0.3 is 9.47 Å². The molecule has 0 aliphatic carbocycles. The van der Waals surface area contributed by atoms with E-state index in [1.54, 1.807) is 32.0 Å². The molecule has 0 amide bonds. The Morgan fingerprint density at radius 3 is 2.62 bits per heavy atom. The minimum atomic E-state index is -3.68. The molecule has 1 aliphatic heterocycles. The van der Waals surface area contributed by atoms with Gasteiger partial charge in [0.2, 0.25) is 10.0 Å². The van der Waals surface area contributed by atoms with E-state index in [0.29, 0.717) is 43.1 Å². The molecule has 0 radical (unpaired) electrons. The van der Waals surface area contributed by atoms with E-state index in [0.717, 1.165) is 4.68 Å². The Balaban J connectivity index is 1.97. The largest absolute Gasteiger partial charge is 0.465 e. The van der Waals surface area contributed by atoms with Crippen LogP contribution in [-0.4, -0.2) is 61.4 Å². The van der Waals surface area contributed by atoms with Crippen molar-refractivity contribution in [2.75, 3.05) is 32.9 Å². The van der Waals surface area contributed by atoms with E-state index in [2.05, 4.69) is 5.10 Å². The molecule has 0 N–H and O–H groups in total. The van der Waals surface area contributed by atoms with Crippen LogP contribution in [0.4, 0.5) is 0 Å². The molecule has 1 saturated heterocycles. The van der Waals surface area contributed by atoms with Crippen LogP contribution in [0.25, 0.3) is 11.3 Å². The van der Waals surface area contributed by atoms with Crippen LogP contribution in [0.5, 0.6) is 0 Å². The van der Waals surface area contributed by atoms with Gasteiger partial charge in [0.1, 0.15) is 6.54 Å². The smallest absolute Gasteiger partial charge is 0.327 e. The minimum absolute atomic E-state index is 0.182. The second kappa shape index (κ2) is 8.85. The number of nitrogens with zero attached hydrogens (tertiary/aromatic N) is 3. The van der Waals surface area contributed by atoms with Crippen molar-refractivity contribution in [2.24, 2.45) is 0 Å². The summed E-state index contributed by atoms with van der Waals surface area (Å²) in [5, 5.41) is 4.21. The summed E-state index contributed by atoms with van der Waals surface area (Å²) in [6.07, 6.45) is 0. The Kier molecular flexibility index (Phi) is 6.46. The molecule has 0 bridgehead atoms. The van der Waals surface area contributed by atoms with Gasteiger partial charge in [-0.2, -0.15) is 9.40 Å². The summed E-state index contributed by atoms with van der Waals surface area (Å²) in [6, 6.07) is 7.76. The monoisotopic (exact) mass is 421 g/mol. The zero-order valence-corrected chi connectivity index (χ0v) is 17.1. The van der Waals surface area contributed by atoms with E-state index in [1.165, 1.54) is 16.4 Å². The van der Waals surface area contributed by atoms with Gasteiger partial charge in [-0.15, -0.1) is 0 Å². The number of benzene rings is 1. The van der Waals surface area contributed by atoms with Gasteiger partial charge in [0.15, 0.2) is 0 Å². The molecule has 3 rings (SSSR count). The fraction of sp³-hybridized carbons (Fsp3) is 0.421. The molecule has 0 saturated carbocycles. The molecule has 1 aliphatic rings. The van der Waals surface area contributed by atoms with Crippen LogP contribution >= 0.6 is 0 Å². The lowest BCUT2D eigenvalue weighted by atomic mass is 10.1. The number of hydrogen-bond donors (Lipinski definition) is 0. The summed E-state index contributed by atoms with van der Waals surface area (Å²) in [4.78, 5) is 23.9. The maximum absolute atomic E-state index is 13.1. The summed E-state index contributed by atoms with van der Waals surface area (Å²) in [7, 11) is -3.68. The maximum atomic E-state index is 13.1. The molecule has 29 heavy (non-hydrogen) atoms. The first-order valence-electron chi connectivity index (χ1n) is 9.25. The Morgan fingerprint density at radius 2 is 1.93 bits per heavy atom. The average Bonchev–Trinajstić information content (AvgIpc) is 2.71. The first-order valence-corrected chi connectivity index (χ1v) is 10.7. The van der Waals surface area contributed by atoms with Crippen LogP contribution in [0.2, 0.25) is 0 Å². The molecule has 1 fully saturated rings. The molecule has 1 aromatic heterocycles. The van der Waals surface area contributed by atoms with Crippen molar-refractivity contribution in [3.63, 3.8) is 0 Å². The van der Waals surface area contributed by atoms with Gasteiger partial charge in [-0.3, -0.25) is 9.59 Å². The van der Waals surface area contributed by atoms with E-state index in [-0.39, 0.29) is 18.0 Å². The fourth-order valence-corrected chi connectivity index (χ4v) is 4.67. The number of hydrogen-bond acceptors (Lipinski definition) is 7. The predicted octanol–water partition coefficient (Wildman–Crippen LogP) is 0.803. The van der Waals surface area contributed by atoms with Crippen molar-refractivity contribution < 1.29 is 22.7 Å². The fourth-order valence-electron chi connectivity index (χ4n) is 3.01. The Hall–Kier alpha value is -2.56. The third-order valence-electron chi connectivity index (χ3n) is 4.52. The third kappa shape index (κ3) is 4.72. The predicted molar refractivity (Wildman–Crippen MR) is 105 cm³/mol. The number of morpholine rings is 1. The number of rotatable bonds is 6. The standard InChI is InChI=1S/C19H23N3O6S/c1-3-28-19(24)13-22-18(23)7-6-16(20-22)15-5-4-14(2)17(12-15)29(25,26)21-8-10-27-11-9-21/h4-7,12H,3,8-11,13H2,1-2H3. The zero-order chi connectivity index (χ0) is 21.0. The van der Waals surface area contributed by atoms with E-state index < -0.39 is 21.6 Å². The highest BCUT2D eigenvalue weighted by molar-refractivity contribution is 7.89. The number of carbonyl (C=O) groups is 1. The minimum Gasteiger partial charge on any atom is -0.465 e. The Morgan fingerprint density at radius 1 is 1.21 bits per heavy atom. The van der Waals surface area contributed by atoms with Crippen molar-refractivity contribution in [1.29, 1.82) is 0 Å². The molecular formula is C19H23N3O6S. The van der Waals surface area contributed by atoms with Gasteiger partial charge >= 0.3 is 5.97 Å². The number of aromatic nitrogens is 2. The van der Waals surface area contributed by atoms with Crippen molar-refractivity contribution >= 4 is 16.0 Å². The van der Waals surface area contributed by atoms with Crippen LogP contribution in [0.3, 0.4) is 0 Å². The molecule has 2 heterocycles. The summed E-state index contributed by atoms with van der Waals surface area (Å²) in [6.45, 7) is 4.61. The molecule has 10 heteroatoms. The van der Waals surface area contributed by atoms with E-state index in [1.807, 2.05) is 0 Å². The first-order chi connectivity index (χ1) is 13.8. The normalized spacial score (nSPS) is 15.2. The lowest BCUT2D eigenvalue weighted by Crippen LogP contribution is -2.40. The van der Waals surface area contributed by atoms with Crippen molar-refractivity contribution in [3.8, 4) is 11.3 Å². The Bertz CT molecular complexity index is 1060. The summed E-state index contributed by atoms with van der Waals surface area (Å²) >= 11 is 0. The van der Waals surface area contributed by atoms with Crippen LogP contribution < -0.4 is 5.56 Å². The highest BCUT2D eigenvalue weighted by atomic mass is 32.2. The van der Waals surface area contributed by atoms with Crippen molar-refractivity contribution in [3.05, 3.63) is 46.2 Å². The van der Waals surface area contributed by atoms with E-state index in [4.69, 9.17) is 9.47 Å². The lowest BCUT2D eigenvalue weighted by molar-refractivity contribution is -0.144. The average molecular weight is 421 g/mol. The molecule has 0 atom stereocenters. The van der Waals surface area contributed by atoms with E-state index >= 15 is 0 Å².